The van der Waals surface area contributed by atoms with Crippen LogP contribution in [0, 0.1) is 0 Å². The van der Waals surface area contributed by atoms with E-state index in [2.05, 4.69) is 182 Å². The maximum atomic E-state index is 2.36. The molecule has 2 heteroatoms. The van der Waals surface area contributed by atoms with Gasteiger partial charge in [0, 0.05) is 24.0 Å². The van der Waals surface area contributed by atoms with Crippen LogP contribution in [0.2, 0.25) is 0 Å². The summed E-state index contributed by atoms with van der Waals surface area (Å²) in [5.74, 6) is 0. The Labute approximate surface area is 232 Å². The van der Waals surface area contributed by atoms with Crippen molar-refractivity contribution < 1.29 is 0 Å². The Bertz CT molecular complexity index is 1530. The van der Waals surface area contributed by atoms with Gasteiger partial charge in [0.2, 0.25) is 0 Å². The molecule has 0 spiro atoms. The van der Waals surface area contributed by atoms with Gasteiger partial charge in [0.25, 0.3) is 0 Å². The van der Waals surface area contributed by atoms with Gasteiger partial charge in [-0.05, 0) is 44.5 Å². The van der Waals surface area contributed by atoms with Crippen LogP contribution in [0.1, 0.15) is 0 Å². The lowest BCUT2D eigenvalue weighted by Crippen LogP contribution is -2.74. The van der Waals surface area contributed by atoms with Gasteiger partial charge in [-0.25, -0.2) is 0 Å². The Kier molecular flexibility index (Phi) is 6.95. The summed E-state index contributed by atoms with van der Waals surface area (Å²) in [6, 6.07) is 61.8. The van der Waals surface area contributed by atoms with Gasteiger partial charge in [-0.15, -0.1) is 0 Å². The monoisotopic (exact) mass is 517 g/mol. The summed E-state index contributed by atoms with van der Waals surface area (Å²) in [5.41, 5.74) is 4.81. The van der Waals surface area contributed by atoms with Crippen LogP contribution in [0.15, 0.2) is 170 Å². The van der Waals surface area contributed by atoms with Gasteiger partial charge in [-0.3, -0.25) is 0 Å². The number of hydrogen-bond acceptors (Lipinski definition) is 1. The van der Waals surface area contributed by atoms with E-state index in [1.807, 2.05) is 0 Å². The second-order valence-corrected chi connectivity index (χ2v) is 13.6. The lowest BCUT2D eigenvalue weighted by Gasteiger charge is -2.34. The molecule has 0 radical (unpaired) electrons. The van der Waals surface area contributed by atoms with Crippen molar-refractivity contribution >= 4 is 40.2 Å². The van der Waals surface area contributed by atoms with E-state index in [1.165, 1.54) is 43.2 Å². The molecule has 0 aromatic heterocycles. The van der Waals surface area contributed by atoms with Crippen LogP contribution in [-0.4, -0.2) is 15.1 Å². The minimum absolute atomic E-state index is 1.17. The van der Waals surface area contributed by atoms with Crippen molar-refractivity contribution in [3.05, 3.63) is 170 Å². The Morgan fingerprint density at radius 2 is 0.769 bits per heavy atom. The molecule has 0 N–H and O–H groups in total. The number of anilines is 2. The third-order valence-electron chi connectivity index (χ3n) is 7.66. The third-order valence-corrected chi connectivity index (χ3v) is 12.5. The van der Waals surface area contributed by atoms with E-state index in [0.717, 1.165) is 0 Å². The summed E-state index contributed by atoms with van der Waals surface area (Å²) < 4.78 is 0. The highest BCUT2D eigenvalue weighted by Crippen LogP contribution is 2.33. The second kappa shape index (κ2) is 11.0. The van der Waals surface area contributed by atoms with E-state index in [4.69, 9.17) is 0 Å². The standard InChI is InChI=1S/C37H31NSi/c1-38(37-25-15-14-24-36(37)30-16-6-2-7-17-30)31-26-28-35(29-27-31)39(32-18-8-3-9-19-32,33-20-10-4-11-21-33)34-22-12-5-13-23-34/h2-29H,1H3. The van der Waals surface area contributed by atoms with Crippen molar-refractivity contribution in [2.75, 3.05) is 11.9 Å². The molecule has 6 aromatic rings. The molecule has 0 amide bonds. The van der Waals surface area contributed by atoms with Gasteiger partial charge in [0.15, 0.2) is 8.07 Å². The van der Waals surface area contributed by atoms with Crippen LogP contribution in [0.4, 0.5) is 11.4 Å². The summed E-state index contributed by atoms with van der Waals surface area (Å²) in [6.45, 7) is 0. The van der Waals surface area contributed by atoms with E-state index >= 15 is 0 Å². The van der Waals surface area contributed by atoms with Crippen molar-refractivity contribution in [2.24, 2.45) is 0 Å². The summed E-state index contributed by atoms with van der Waals surface area (Å²) in [4.78, 5) is 2.29. The molecule has 0 aliphatic rings. The molecule has 0 bridgehead atoms. The number of hydrogen-bond donors (Lipinski definition) is 0. The first-order valence-corrected chi connectivity index (χ1v) is 15.4. The average Bonchev–Trinajstić information content (AvgIpc) is 3.03. The first kappa shape index (κ1) is 24.7. The number of benzene rings is 6. The molecule has 0 aliphatic heterocycles. The zero-order chi connectivity index (χ0) is 26.5. The minimum Gasteiger partial charge on any atom is -0.344 e. The van der Waals surface area contributed by atoms with Gasteiger partial charge in [0.1, 0.15) is 0 Å². The summed E-state index contributed by atoms with van der Waals surface area (Å²) in [5, 5.41) is 5.54. The fourth-order valence-corrected chi connectivity index (χ4v) is 10.5. The third kappa shape index (κ3) is 4.60. The maximum Gasteiger partial charge on any atom is 0.179 e. The van der Waals surface area contributed by atoms with Gasteiger partial charge in [-0.2, -0.15) is 0 Å². The molecule has 0 atom stereocenters. The van der Waals surface area contributed by atoms with Crippen LogP contribution in [-0.2, 0) is 0 Å². The summed E-state index contributed by atoms with van der Waals surface area (Å²) in [6.07, 6.45) is 0. The fraction of sp³-hybridized carbons (Fsp3) is 0.0270. The Hall–Kier alpha value is -4.66. The van der Waals surface area contributed by atoms with E-state index in [0.29, 0.717) is 0 Å². The Morgan fingerprint density at radius 1 is 0.385 bits per heavy atom. The van der Waals surface area contributed by atoms with Gasteiger partial charge in [0.05, 0.1) is 0 Å². The normalized spacial score (nSPS) is 11.2. The smallest absolute Gasteiger partial charge is 0.179 e. The maximum absolute atomic E-state index is 2.52. The van der Waals surface area contributed by atoms with Crippen molar-refractivity contribution in [1.82, 2.24) is 0 Å². The average molecular weight is 518 g/mol. The zero-order valence-corrected chi connectivity index (χ0v) is 23.1. The molecule has 0 fully saturated rings. The minimum atomic E-state index is -2.52. The highest BCUT2D eigenvalue weighted by Gasteiger charge is 2.41. The number of rotatable bonds is 7. The molecule has 0 saturated heterocycles. The van der Waals surface area contributed by atoms with E-state index in [9.17, 15) is 0 Å². The van der Waals surface area contributed by atoms with Crippen LogP contribution >= 0.6 is 0 Å². The molecule has 0 saturated carbocycles. The Balaban J connectivity index is 1.49. The molecule has 6 aromatic carbocycles. The predicted octanol–water partition coefficient (Wildman–Crippen LogP) is 6.50. The van der Waals surface area contributed by atoms with Gasteiger partial charge in [-0.1, -0.05) is 152 Å². The molecule has 39 heavy (non-hydrogen) atoms. The zero-order valence-electron chi connectivity index (χ0n) is 22.1. The molecule has 1 nitrogen and oxygen atoms in total. The van der Waals surface area contributed by atoms with E-state index in [1.54, 1.807) is 0 Å². The first-order valence-electron chi connectivity index (χ1n) is 13.4. The van der Waals surface area contributed by atoms with Gasteiger partial charge >= 0.3 is 0 Å². The van der Waals surface area contributed by atoms with Crippen molar-refractivity contribution in [3.63, 3.8) is 0 Å². The van der Waals surface area contributed by atoms with Crippen LogP contribution in [0.25, 0.3) is 11.1 Å². The SMILES string of the molecule is CN(c1ccc([Si](c2ccccc2)(c2ccccc2)c2ccccc2)cc1)c1ccccc1-c1ccccc1. The highest BCUT2D eigenvalue weighted by atomic mass is 28.3. The molecule has 188 valence electrons. The fourth-order valence-electron chi connectivity index (χ4n) is 5.77. The topological polar surface area (TPSA) is 3.24 Å². The van der Waals surface area contributed by atoms with Crippen molar-refractivity contribution in [3.8, 4) is 11.1 Å². The molecular weight excluding hydrogens is 487 g/mol. The number of para-hydroxylation sites is 1. The van der Waals surface area contributed by atoms with E-state index < -0.39 is 8.07 Å². The van der Waals surface area contributed by atoms with Crippen LogP contribution < -0.4 is 25.6 Å². The summed E-state index contributed by atoms with van der Waals surface area (Å²) >= 11 is 0. The lowest BCUT2D eigenvalue weighted by atomic mass is 10.0. The second-order valence-electron chi connectivity index (χ2n) is 9.84. The van der Waals surface area contributed by atoms with E-state index in [-0.39, 0.29) is 0 Å². The van der Waals surface area contributed by atoms with Crippen LogP contribution in [0.3, 0.4) is 0 Å². The molecule has 0 heterocycles. The van der Waals surface area contributed by atoms with Crippen LogP contribution in [0.5, 0.6) is 0 Å². The van der Waals surface area contributed by atoms with Crippen molar-refractivity contribution in [2.45, 2.75) is 0 Å². The van der Waals surface area contributed by atoms with Crippen molar-refractivity contribution in [1.29, 1.82) is 0 Å². The van der Waals surface area contributed by atoms with Gasteiger partial charge < -0.3 is 4.90 Å². The largest absolute Gasteiger partial charge is 0.344 e. The first-order chi connectivity index (χ1) is 19.3. The lowest BCUT2D eigenvalue weighted by molar-refractivity contribution is 1.21. The summed E-state index contributed by atoms with van der Waals surface area (Å²) in [7, 11) is -0.359. The molecule has 0 aliphatic carbocycles. The number of nitrogens with zero attached hydrogens (tertiary/aromatic N) is 1. The Morgan fingerprint density at radius 3 is 1.26 bits per heavy atom. The molecule has 0 unspecified atom stereocenters. The highest BCUT2D eigenvalue weighted by molar-refractivity contribution is 7.19. The molecular formula is C37H31NSi. The quantitative estimate of drug-likeness (QED) is 0.173. The predicted molar refractivity (Wildman–Crippen MR) is 170 cm³/mol. The molecule has 6 rings (SSSR count).